The number of nitrogens with one attached hydrogen (secondary N) is 1. The molecular weight excluding hydrogens is 204 g/mol. The van der Waals surface area contributed by atoms with Gasteiger partial charge in [-0.3, -0.25) is 4.79 Å². The van der Waals surface area contributed by atoms with Gasteiger partial charge in [-0.25, -0.2) is 0 Å². The first-order chi connectivity index (χ1) is 7.65. The van der Waals surface area contributed by atoms with Crippen molar-refractivity contribution in [2.75, 3.05) is 13.7 Å². The molecule has 0 bridgehead atoms. The highest BCUT2D eigenvalue weighted by molar-refractivity contribution is 5.81. The molecule has 16 heavy (non-hydrogen) atoms. The first kappa shape index (κ1) is 15.4. The second-order valence-electron chi connectivity index (χ2n) is 4.20. The van der Waals surface area contributed by atoms with E-state index < -0.39 is 0 Å². The molecule has 0 aliphatic rings. The Morgan fingerprint density at radius 2 is 2.00 bits per heavy atom. The molecule has 0 aliphatic heterocycles. The molecular formula is C12H26N2O2. The molecule has 0 saturated carbocycles. The maximum absolute atomic E-state index is 11.7. The van der Waals surface area contributed by atoms with E-state index in [1.807, 2.05) is 0 Å². The zero-order chi connectivity index (χ0) is 12.4. The second kappa shape index (κ2) is 9.60. The van der Waals surface area contributed by atoms with Gasteiger partial charge in [0.15, 0.2) is 0 Å². The minimum Gasteiger partial charge on any atom is -0.383 e. The fourth-order valence-electron chi connectivity index (χ4n) is 1.61. The smallest absolute Gasteiger partial charge is 0.237 e. The van der Waals surface area contributed by atoms with E-state index in [1.54, 1.807) is 7.11 Å². The molecule has 0 rings (SSSR count). The number of hydrogen-bond donors (Lipinski definition) is 2. The lowest BCUT2D eigenvalue weighted by molar-refractivity contribution is -0.123. The molecule has 0 aliphatic carbocycles. The van der Waals surface area contributed by atoms with Crippen molar-refractivity contribution in [3.8, 4) is 0 Å². The Bertz CT molecular complexity index is 180. The van der Waals surface area contributed by atoms with Crippen molar-refractivity contribution >= 4 is 5.91 Å². The number of amides is 1. The molecule has 0 spiro atoms. The van der Waals surface area contributed by atoms with Gasteiger partial charge in [-0.1, -0.05) is 33.1 Å². The number of carbonyl (C=O) groups is 1. The summed E-state index contributed by atoms with van der Waals surface area (Å²) in [6, 6.07) is -0.286. The number of unbranched alkanes of at least 4 members (excludes halogenated alkanes) is 1. The van der Waals surface area contributed by atoms with Crippen LogP contribution in [0.1, 0.15) is 46.0 Å². The highest BCUT2D eigenvalue weighted by Gasteiger charge is 2.16. The quantitative estimate of drug-likeness (QED) is 0.630. The lowest BCUT2D eigenvalue weighted by atomic mass is 10.1. The van der Waals surface area contributed by atoms with Gasteiger partial charge in [0, 0.05) is 7.11 Å². The molecule has 3 N–H and O–H groups in total. The summed E-state index contributed by atoms with van der Waals surface area (Å²) >= 11 is 0. The Labute approximate surface area is 98.9 Å². The lowest BCUT2D eigenvalue weighted by Gasteiger charge is -2.19. The maximum atomic E-state index is 11.7. The molecule has 1 amide bonds. The van der Waals surface area contributed by atoms with Crippen molar-refractivity contribution in [1.29, 1.82) is 0 Å². The van der Waals surface area contributed by atoms with Gasteiger partial charge in [-0.2, -0.15) is 0 Å². The summed E-state index contributed by atoms with van der Waals surface area (Å²) < 4.78 is 5.06. The van der Waals surface area contributed by atoms with Crippen LogP contribution in [0.15, 0.2) is 0 Å². The van der Waals surface area contributed by atoms with Crippen LogP contribution < -0.4 is 11.1 Å². The molecule has 96 valence electrons. The number of nitrogens with two attached hydrogens (primary N) is 1. The third kappa shape index (κ3) is 6.80. The van der Waals surface area contributed by atoms with Crippen LogP contribution in [0, 0.1) is 0 Å². The summed E-state index contributed by atoms with van der Waals surface area (Å²) in [7, 11) is 1.64. The Hall–Kier alpha value is -0.610. The molecule has 0 radical (unpaired) electrons. The van der Waals surface area contributed by atoms with Gasteiger partial charge >= 0.3 is 0 Å². The molecule has 4 nitrogen and oxygen atoms in total. The van der Waals surface area contributed by atoms with Crippen LogP contribution in [0.25, 0.3) is 0 Å². The van der Waals surface area contributed by atoms with E-state index in [-0.39, 0.29) is 18.0 Å². The number of ether oxygens (including phenoxy) is 1. The third-order valence-electron chi connectivity index (χ3n) is 2.56. The average molecular weight is 230 g/mol. The summed E-state index contributed by atoms with van der Waals surface area (Å²) in [5, 5.41) is 2.94. The van der Waals surface area contributed by atoms with Crippen molar-refractivity contribution in [1.82, 2.24) is 5.32 Å². The SMILES string of the molecule is CCCCC(N)C(=O)NC(CCC)COC. The van der Waals surface area contributed by atoms with E-state index in [1.165, 1.54) is 0 Å². The number of rotatable bonds is 9. The first-order valence-electron chi connectivity index (χ1n) is 6.20. The van der Waals surface area contributed by atoms with Gasteiger partial charge < -0.3 is 15.8 Å². The third-order valence-corrected chi connectivity index (χ3v) is 2.56. The van der Waals surface area contributed by atoms with Crippen molar-refractivity contribution in [2.45, 2.75) is 58.0 Å². The van der Waals surface area contributed by atoms with Gasteiger partial charge in [0.2, 0.25) is 5.91 Å². The van der Waals surface area contributed by atoms with E-state index in [0.717, 1.165) is 32.1 Å². The average Bonchev–Trinajstić information content (AvgIpc) is 2.26. The van der Waals surface area contributed by atoms with Crippen LogP contribution >= 0.6 is 0 Å². The van der Waals surface area contributed by atoms with Crippen LogP contribution in [0.4, 0.5) is 0 Å². The molecule has 0 aromatic carbocycles. The van der Waals surface area contributed by atoms with Crippen molar-refractivity contribution in [3.05, 3.63) is 0 Å². The molecule has 0 fully saturated rings. The van der Waals surface area contributed by atoms with Gasteiger partial charge in [0.25, 0.3) is 0 Å². The minimum absolute atomic E-state index is 0.0519. The lowest BCUT2D eigenvalue weighted by Crippen LogP contribution is -2.46. The van der Waals surface area contributed by atoms with Crippen molar-refractivity contribution in [2.24, 2.45) is 5.73 Å². The van der Waals surface area contributed by atoms with E-state index in [4.69, 9.17) is 10.5 Å². The van der Waals surface area contributed by atoms with E-state index in [2.05, 4.69) is 19.2 Å². The monoisotopic (exact) mass is 230 g/mol. The predicted octanol–water partition coefficient (Wildman–Crippen LogP) is 1.44. The van der Waals surface area contributed by atoms with Crippen LogP contribution in [-0.4, -0.2) is 31.7 Å². The van der Waals surface area contributed by atoms with Gasteiger partial charge in [-0.05, 0) is 12.8 Å². The second-order valence-corrected chi connectivity index (χ2v) is 4.20. The van der Waals surface area contributed by atoms with Crippen LogP contribution in [0.2, 0.25) is 0 Å². The van der Waals surface area contributed by atoms with E-state index in [9.17, 15) is 4.79 Å². The summed E-state index contributed by atoms with van der Waals surface area (Å²) in [6.07, 6.45) is 4.78. The molecule has 0 heterocycles. The molecule has 4 heteroatoms. The topological polar surface area (TPSA) is 64.4 Å². The fraction of sp³-hybridized carbons (Fsp3) is 0.917. The van der Waals surface area contributed by atoms with Gasteiger partial charge in [0.1, 0.15) is 0 Å². The fourth-order valence-corrected chi connectivity index (χ4v) is 1.61. The zero-order valence-electron chi connectivity index (χ0n) is 10.8. The maximum Gasteiger partial charge on any atom is 0.237 e. The Balaban J connectivity index is 3.96. The Kier molecular flexibility index (Phi) is 9.24. The molecule has 0 aromatic heterocycles. The predicted molar refractivity (Wildman–Crippen MR) is 66.2 cm³/mol. The number of methoxy groups -OCH3 is 1. The highest BCUT2D eigenvalue weighted by Crippen LogP contribution is 2.01. The van der Waals surface area contributed by atoms with Crippen molar-refractivity contribution < 1.29 is 9.53 Å². The first-order valence-corrected chi connectivity index (χ1v) is 6.20. The normalized spacial score (nSPS) is 14.5. The standard InChI is InChI=1S/C12H26N2O2/c1-4-6-8-11(13)12(15)14-10(7-5-2)9-16-3/h10-11H,4-9,13H2,1-3H3,(H,14,15). The zero-order valence-corrected chi connectivity index (χ0v) is 10.8. The van der Waals surface area contributed by atoms with Crippen LogP contribution in [0.5, 0.6) is 0 Å². The van der Waals surface area contributed by atoms with Gasteiger partial charge in [0.05, 0.1) is 18.7 Å². The number of hydrogen-bond acceptors (Lipinski definition) is 3. The highest BCUT2D eigenvalue weighted by atomic mass is 16.5. The molecule has 2 atom stereocenters. The Morgan fingerprint density at radius 3 is 2.50 bits per heavy atom. The van der Waals surface area contributed by atoms with Crippen molar-refractivity contribution in [3.63, 3.8) is 0 Å². The Morgan fingerprint density at radius 1 is 1.31 bits per heavy atom. The molecule has 2 unspecified atom stereocenters. The van der Waals surface area contributed by atoms with Gasteiger partial charge in [-0.15, -0.1) is 0 Å². The summed E-state index contributed by atoms with van der Waals surface area (Å²) in [6.45, 7) is 4.74. The minimum atomic E-state index is -0.379. The molecule has 0 saturated heterocycles. The van der Waals surface area contributed by atoms with Crippen LogP contribution in [0.3, 0.4) is 0 Å². The van der Waals surface area contributed by atoms with Crippen LogP contribution in [-0.2, 0) is 9.53 Å². The van der Waals surface area contributed by atoms with E-state index >= 15 is 0 Å². The van der Waals surface area contributed by atoms with E-state index in [0.29, 0.717) is 6.61 Å². The summed E-state index contributed by atoms with van der Waals surface area (Å²) in [4.78, 5) is 11.7. The summed E-state index contributed by atoms with van der Waals surface area (Å²) in [5.41, 5.74) is 5.79. The number of carbonyl (C=O) groups excluding carboxylic acids is 1. The molecule has 0 aromatic rings. The summed E-state index contributed by atoms with van der Waals surface area (Å²) in [5.74, 6) is -0.0519. The largest absolute Gasteiger partial charge is 0.383 e.